The van der Waals surface area contributed by atoms with Crippen LogP contribution in [0.1, 0.15) is 5.56 Å². The molecule has 0 aliphatic heterocycles. The fraction of sp³-hybridized carbons (Fsp3) is 0.333. The van der Waals surface area contributed by atoms with Crippen molar-refractivity contribution >= 4 is 0 Å². The average molecular weight is 152 g/mol. The first-order valence-corrected chi connectivity index (χ1v) is 3.66. The van der Waals surface area contributed by atoms with Crippen molar-refractivity contribution < 1.29 is 10.2 Å². The third-order valence-corrected chi connectivity index (χ3v) is 1.52. The molecule has 1 unspecified atom stereocenters. The van der Waals surface area contributed by atoms with Crippen molar-refractivity contribution in [3.8, 4) is 0 Å². The van der Waals surface area contributed by atoms with Gasteiger partial charge < -0.3 is 10.2 Å². The van der Waals surface area contributed by atoms with Gasteiger partial charge in [0.15, 0.2) is 0 Å². The van der Waals surface area contributed by atoms with Gasteiger partial charge in [0, 0.05) is 6.42 Å². The van der Waals surface area contributed by atoms with Crippen molar-refractivity contribution in [3.63, 3.8) is 0 Å². The molecule has 0 aliphatic carbocycles. The van der Waals surface area contributed by atoms with Crippen LogP contribution >= 0.6 is 0 Å². The zero-order valence-electron chi connectivity index (χ0n) is 6.27. The molecule has 60 valence electrons. The molecule has 2 nitrogen and oxygen atoms in total. The molecule has 2 N–H and O–H groups in total. The van der Waals surface area contributed by atoms with Gasteiger partial charge in [0.05, 0.1) is 12.7 Å². The molecule has 1 aromatic carbocycles. The Bertz CT molecular complexity index is 196. The van der Waals surface area contributed by atoms with E-state index in [1.807, 2.05) is 30.3 Å². The zero-order valence-corrected chi connectivity index (χ0v) is 6.27. The molecule has 0 aromatic heterocycles. The summed E-state index contributed by atoms with van der Waals surface area (Å²) in [6.45, 7) is -0.172. The summed E-state index contributed by atoms with van der Waals surface area (Å²) in [5.74, 6) is 0. The van der Waals surface area contributed by atoms with Crippen LogP contribution in [0.15, 0.2) is 30.3 Å². The molecule has 0 saturated heterocycles. The molecule has 0 bridgehead atoms. The lowest BCUT2D eigenvalue weighted by molar-refractivity contribution is 0.0955. The standard InChI is InChI=1S/C9H12O2/c10-7-9(11)6-8-4-2-1-3-5-8/h1-5,9-11H,6-7H2. The third-order valence-electron chi connectivity index (χ3n) is 1.52. The van der Waals surface area contributed by atoms with E-state index in [0.717, 1.165) is 5.56 Å². The van der Waals surface area contributed by atoms with Crippen molar-refractivity contribution in [2.24, 2.45) is 0 Å². The molecule has 0 fully saturated rings. The summed E-state index contributed by atoms with van der Waals surface area (Å²) < 4.78 is 0. The summed E-state index contributed by atoms with van der Waals surface area (Å²) in [4.78, 5) is 0. The number of rotatable bonds is 3. The van der Waals surface area contributed by atoms with Crippen LogP contribution in [0.25, 0.3) is 0 Å². The molecular weight excluding hydrogens is 140 g/mol. The van der Waals surface area contributed by atoms with Gasteiger partial charge in [-0.3, -0.25) is 0 Å². The minimum atomic E-state index is -0.627. The third kappa shape index (κ3) is 2.70. The Morgan fingerprint density at radius 2 is 1.82 bits per heavy atom. The van der Waals surface area contributed by atoms with E-state index in [-0.39, 0.29) is 6.61 Å². The highest BCUT2D eigenvalue weighted by molar-refractivity contribution is 5.15. The topological polar surface area (TPSA) is 40.5 Å². The van der Waals surface area contributed by atoms with E-state index in [1.165, 1.54) is 0 Å². The lowest BCUT2D eigenvalue weighted by Crippen LogP contribution is -2.14. The highest BCUT2D eigenvalue weighted by atomic mass is 16.3. The Balaban J connectivity index is 2.51. The predicted molar refractivity (Wildman–Crippen MR) is 43.2 cm³/mol. The molecule has 0 aliphatic rings. The Morgan fingerprint density at radius 1 is 1.18 bits per heavy atom. The van der Waals surface area contributed by atoms with Crippen molar-refractivity contribution in [1.82, 2.24) is 0 Å². The second-order valence-corrected chi connectivity index (χ2v) is 2.53. The fourth-order valence-electron chi connectivity index (χ4n) is 0.951. The van der Waals surface area contributed by atoms with Gasteiger partial charge in [-0.1, -0.05) is 30.3 Å². The number of hydrogen-bond acceptors (Lipinski definition) is 2. The monoisotopic (exact) mass is 152 g/mol. The minimum Gasteiger partial charge on any atom is -0.394 e. The first-order chi connectivity index (χ1) is 5.33. The lowest BCUT2D eigenvalue weighted by Gasteiger charge is -2.05. The Labute approximate surface area is 66.1 Å². The van der Waals surface area contributed by atoms with Crippen molar-refractivity contribution in [3.05, 3.63) is 35.9 Å². The molecule has 0 heterocycles. The molecule has 0 spiro atoms. The number of aliphatic hydroxyl groups is 2. The molecule has 0 radical (unpaired) electrons. The summed E-state index contributed by atoms with van der Waals surface area (Å²) in [6, 6.07) is 9.62. The first-order valence-electron chi connectivity index (χ1n) is 3.66. The van der Waals surface area contributed by atoms with Gasteiger partial charge >= 0.3 is 0 Å². The molecular formula is C9H12O2. The van der Waals surface area contributed by atoms with Gasteiger partial charge in [-0.25, -0.2) is 0 Å². The van der Waals surface area contributed by atoms with Crippen LogP contribution in [0.5, 0.6) is 0 Å². The SMILES string of the molecule is OCC(O)Cc1ccccc1. The summed E-state index contributed by atoms with van der Waals surface area (Å²) in [5, 5.41) is 17.6. The van der Waals surface area contributed by atoms with Gasteiger partial charge in [0.2, 0.25) is 0 Å². The summed E-state index contributed by atoms with van der Waals surface area (Å²) >= 11 is 0. The summed E-state index contributed by atoms with van der Waals surface area (Å²) in [5.41, 5.74) is 1.05. The van der Waals surface area contributed by atoms with Crippen LogP contribution in [-0.2, 0) is 6.42 Å². The smallest absolute Gasteiger partial charge is 0.0811 e. The van der Waals surface area contributed by atoms with Gasteiger partial charge in [-0.15, -0.1) is 0 Å². The van der Waals surface area contributed by atoms with Crippen LogP contribution in [0, 0.1) is 0 Å². The van der Waals surface area contributed by atoms with E-state index in [4.69, 9.17) is 10.2 Å². The lowest BCUT2D eigenvalue weighted by atomic mass is 10.1. The predicted octanol–water partition coefficient (Wildman–Crippen LogP) is 0.582. The van der Waals surface area contributed by atoms with Crippen LogP contribution in [-0.4, -0.2) is 22.9 Å². The van der Waals surface area contributed by atoms with Crippen LogP contribution < -0.4 is 0 Å². The van der Waals surface area contributed by atoms with Crippen molar-refractivity contribution in [1.29, 1.82) is 0 Å². The van der Waals surface area contributed by atoms with E-state index in [2.05, 4.69) is 0 Å². The normalized spacial score (nSPS) is 12.9. The Morgan fingerprint density at radius 3 is 2.36 bits per heavy atom. The minimum absolute atomic E-state index is 0.172. The maximum absolute atomic E-state index is 9.06. The van der Waals surface area contributed by atoms with Crippen LogP contribution in [0.4, 0.5) is 0 Å². The van der Waals surface area contributed by atoms with Gasteiger partial charge in [-0.05, 0) is 5.56 Å². The number of aliphatic hydroxyl groups excluding tert-OH is 2. The molecule has 0 saturated carbocycles. The molecule has 1 rings (SSSR count). The number of hydrogen-bond donors (Lipinski definition) is 2. The van der Waals surface area contributed by atoms with E-state index in [9.17, 15) is 0 Å². The average Bonchev–Trinajstić information content (AvgIpc) is 2.06. The fourth-order valence-corrected chi connectivity index (χ4v) is 0.951. The van der Waals surface area contributed by atoms with E-state index in [1.54, 1.807) is 0 Å². The molecule has 2 heteroatoms. The second kappa shape index (κ2) is 4.11. The Hall–Kier alpha value is -0.860. The maximum atomic E-state index is 9.06. The second-order valence-electron chi connectivity index (χ2n) is 2.53. The van der Waals surface area contributed by atoms with Crippen molar-refractivity contribution in [2.75, 3.05) is 6.61 Å². The van der Waals surface area contributed by atoms with E-state index < -0.39 is 6.10 Å². The summed E-state index contributed by atoms with van der Waals surface area (Å²) in [7, 11) is 0. The maximum Gasteiger partial charge on any atom is 0.0811 e. The molecule has 1 aromatic rings. The van der Waals surface area contributed by atoms with Crippen LogP contribution in [0.2, 0.25) is 0 Å². The van der Waals surface area contributed by atoms with Crippen LogP contribution in [0.3, 0.4) is 0 Å². The molecule has 11 heavy (non-hydrogen) atoms. The Kier molecular flexibility index (Phi) is 3.08. The first kappa shape index (κ1) is 8.24. The van der Waals surface area contributed by atoms with Crippen molar-refractivity contribution in [2.45, 2.75) is 12.5 Å². The highest BCUT2D eigenvalue weighted by Gasteiger charge is 2.01. The molecule has 1 atom stereocenters. The zero-order chi connectivity index (χ0) is 8.10. The van der Waals surface area contributed by atoms with Gasteiger partial charge in [0.1, 0.15) is 0 Å². The molecule has 0 amide bonds. The largest absolute Gasteiger partial charge is 0.394 e. The van der Waals surface area contributed by atoms with Gasteiger partial charge in [-0.2, -0.15) is 0 Å². The van der Waals surface area contributed by atoms with E-state index in [0.29, 0.717) is 6.42 Å². The quantitative estimate of drug-likeness (QED) is 0.665. The van der Waals surface area contributed by atoms with Gasteiger partial charge in [0.25, 0.3) is 0 Å². The summed E-state index contributed by atoms with van der Waals surface area (Å²) in [6.07, 6.45) is -0.102. The highest BCUT2D eigenvalue weighted by Crippen LogP contribution is 2.01. The van der Waals surface area contributed by atoms with E-state index >= 15 is 0 Å². The number of benzene rings is 1.